The summed E-state index contributed by atoms with van der Waals surface area (Å²) < 4.78 is 28.6. The summed E-state index contributed by atoms with van der Waals surface area (Å²) in [6, 6.07) is 7.22. The largest absolute Gasteiger partial charge is 0.326 e. The number of nitrogens with zero attached hydrogens (tertiary/aromatic N) is 1. The first-order chi connectivity index (χ1) is 8.69. The Balaban J connectivity index is 3.05. The highest BCUT2D eigenvalue weighted by Crippen LogP contribution is 2.19. The van der Waals surface area contributed by atoms with E-state index in [0.29, 0.717) is 18.8 Å². The van der Waals surface area contributed by atoms with Crippen LogP contribution < -0.4 is 14.8 Å². The van der Waals surface area contributed by atoms with Crippen molar-refractivity contribution in [3.05, 3.63) is 29.8 Å². The van der Waals surface area contributed by atoms with Gasteiger partial charge in [0.25, 0.3) is 0 Å². The second-order valence-electron chi connectivity index (χ2n) is 5.39. The average molecular weight is 285 g/mol. The maximum absolute atomic E-state index is 12.3. The monoisotopic (exact) mass is 285 g/mol. The summed E-state index contributed by atoms with van der Waals surface area (Å²) in [7, 11) is -3.55. The topological polar surface area (TPSA) is 75.4 Å². The summed E-state index contributed by atoms with van der Waals surface area (Å²) in [5.41, 5.74) is 6.63. The van der Waals surface area contributed by atoms with E-state index in [9.17, 15) is 8.42 Å². The van der Waals surface area contributed by atoms with E-state index in [1.807, 2.05) is 32.9 Å². The number of benzene rings is 1. The van der Waals surface area contributed by atoms with Crippen LogP contribution in [0.5, 0.6) is 0 Å². The van der Waals surface area contributed by atoms with Crippen LogP contribution in [0.3, 0.4) is 0 Å². The molecule has 3 N–H and O–H groups in total. The first-order valence-corrected chi connectivity index (χ1v) is 7.74. The Morgan fingerprint density at radius 2 is 1.74 bits per heavy atom. The molecule has 0 amide bonds. The standard InChI is InChI=1S/C13H23N3O2S/c1-5-16(19(17,18)15-13(2,3)4)12-8-6-11(10-14)7-9-12/h6-9,15H,5,10,14H2,1-4H3. The fraction of sp³-hybridized carbons (Fsp3) is 0.538. The van der Waals surface area contributed by atoms with Crippen molar-refractivity contribution in [1.29, 1.82) is 0 Å². The molecule has 0 spiro atoms. The third-order valence-corrected chi connectivity index (χ3v) is 4.39. The summed E-state index contributed by atoms with van der Waals surface area (Å²) in [5, 5.41) is 0. The number of nitrogens with two attached hydrogens (primary N) is 1. The van der Waals surface area contributed by atoms with Crippen LogP contribution in [0.4, 0.5) is 5.69 Å². The Labute approximate surface area is 116 Å². The molecule has 108 valence electrons. The van der Waals surface area contributed by atoms with Crippen LogP contribution in [-0.4, -0.2) is 20.5 Å². The number of hydrogen-bond acceptors (Lipinski definition) is 3. The molecule has 0 unspecified atom stereocenters. The molecule has 1 aromatic carbocycles. The Bertz CT molecular complexity index is 504. The van der Waals surface area contributed by atoms with Crippen LogP contribution in [-0.2, 0) is 16.8 Å². The van der Waals surface area contributed by atoms with Crippen molar-refractivity contribution in [2.24, 2.45) is 5.73 Å². The minimum atomic E-state index is -3.55. The van der Waals surface area contributed by atoms with Gasteiger partial charge in [-0.3, -0.25) is 4.31 Å². The minimum absolute atomic E-state index is 0.368. The third-order valence-electron chi connectivity index (χ3n) is 2.47. The van der Waals surface area contributed by atoms with Crippen LogP contribution in [0, 0.1) is 0 Å². The molecule has 0 saturated heterocycles. The lowest BCUT2D eigenvalue weighted by Crippen LogP contribution is -2.49. The number of anilines is 1. The van der Waals surface area contributed by atoms with E-state index in [-0.39, 0.29) is 0 Å². The van der Waals surface area contributed by atoms with Gasteiger partial charge in [0.15, 0.2) is 0 Å². The van der Waals surface area contributed by atoms with E-state index in [4.69, 9.17) is 5.73 Å². The molecule has 6 heteroatoms. The summed E-state index contributed by atoms with van der Waals surface area (Å²) in [6.07, 6.45) is 0. The Kier molecular flexibility index (Phi) is 4.95. The predicted molar refractivity (Wildman–Crippen MR) is 79.2 cm³/mol. The van der Waals surface area contributed by atoms with Gasteiger partial charge in [-0.05, 0) is 45.4 Å². The Hall–Kier alpha value is -1.11. The van der Waals surface area contributed by atoms with Gasteiger partial charge in [0.05, 0.1) is 5.69 Å². The van der Waals surface area contributed by atoms with Crippen LogP contribution >= 0.6 is 0 Å². The predicted octanol–water partition coefficient (Wildman–Crippen LogP) is 1.60. The molecule has 1 rings (SSSR count). The molecule has 0 aliphatic carbocycles. The quantitative estimate of drug-likeness (QED) is 0.863. The van der Waals surface area contributed by atoms with Gasteiger partial charge >= 0.3 is 10.2 Å². The van der Waals surface area contributed by atoms with Crippen molar-refractivity contribution in [3.63, 3.8) is 0 Å². The van der Waals surface area contributed by atoms with E-state index >= 15 is 0 Å². The molecular formula is C13H23N3O2S. The zero-order chi connectivity index (χ0) is 14.7. The van der Waals surface area contributed by atoms with Gasteiger partial charge in [-0.15, -0.1) is 0 Å². The minimum Gasteiger partial charge on any atom is -0.326 e. The van der Waals surface area contributed by atoms with Gasteiger partial charge < -0.3 is 5.73 Å². The van der Waals surface area contributed by atoms with Crippen LogP contribution in [0.15, 0.2) is 24.3 Å². The number of rotatable bonds is 5. The lowest BCUT2D eigenvalue weighted by Gasteiger charge is -2.28. The molecule has 0 aromatic heterocycles. The van der Waals surface area contributed by atoms with Gasteiger partial charge in [0.2, 0.25) is 0 Å². The van der Waals surface area contributed by atoms with Gasteiger partial charge in [-0.2, -0.15) is 13.1 Å². The summed E-state index contributed by atoms with van der Waals surface area (Å²) >= 11 is 0. The highest BCUT2D eigenvalue weighted by molar-refractivity contribution is 7.90. The van der Waals surface area contributed by atoms with E-state index in [2.05, 4.69) is 4.72 Å². The van der Waals surface area contributed by atoms with Crippen molar-refractivity contribution in [3.8, 4) is 0 Å². The van der Waals surface area contributed by atoms with Crippen molar-refractivity contribution in [2.45, 2.75) is 39.8 Å². The molecule has 0 radical (unpaired) electrons. The number of nitrogens with one attached hydrogen (secondary N) is 1. The Morgan fingerprint density at radius 3 is 2.11 bits per heavy atom. The Morgan fingerprint density at radius 1 is 1.21 bits per heavy atom. The fourth-order valence-electron chi connectivity index (χ4n) is 1.73. The second kappa shape index (κ2) is 5.90. The summed E-state index contributed by atoms with van der Waals surface area (Å²) in [4.78, 5) is 0. The van der Waals surface area contributed by atoms with Gasteiger partial charge in [0.1, 0.15) is 0 Å². The van der Waals surface area contributed by atoms with Crippen LogP contribution in [0.2, 0.25) is 0 Å². The van der Waals surface area contributed by atoms with Gasteiger partial charge in [-0.25, -0.2) is 0 Å². The zero-order valence-corrected chi connectivity index (χ0v) is 12.8. The molecule has 0 atom stereocenters. The molecule has 0 fully saturated rings. The molecule has 0 heterocycles. The summed E-state index contributed by atoms with van der Waals surface area (Å²) in [5.74, 6) is 0. The smallest absolute Gasteiger partial charge is 0.302 e. The normalized spacial score (nSPS) is 12.5. The molecule has 1 aromatic rings. The van der Waals surface area contributed by atoms with Crippen molar-refractivity contribution >= 4 is 15.9 Å². The second-order valence-corrected chi connectivity index (χ2v) is 6.99. The van der Waals surface area contributed by atoms with E-state index < -0.39 is 15.7 Å². The summed E-state index contributed by atoms with van der Waals surface area (Å²) in [6.45, 7) is 8.06. The molecule has 5 nitrogen and oxygen atoms in total. The fourth-order valence-corrected chi connectivity index (χ4v) is 3.35. The first kappa shape index (κ1) is 15.9. The van der Waals surface area contributed by atoms with Crippen molar-refractivity contribution < 1.29 is 8.42 Å². The highest BCUT2D eigenvalue weighted by atomic mass is 32.2. The molecule has 0 bridgehead atoms. The molecule has 0 aliphatic heterocycles. The highest BCUT2D eigenvalue weighted by Gasteiger charge is 2.26. The lowest BCUT2D eigenvalue weighted by atomic mass is 10.1. The van der Waals surface area contributed by atoms with Crippen molar-refractivity contribution in [1.82, 2.24) is 4.72 Å². The maximum atomic E-state index is 12.3. The molecule has 0 saturated carbocycles. The van der Waals surface area contributed by atoms with Gasteiger partial charge in [-0.1, -0.05) is 12.1 Å². The van der Waals surface area contributed by atoms with Crippen LogP contribution in [0.25, 0.3) is 0 Å². The maximum Gasteiger partial charge on any atom is 0.302 e. The van der Waals surface area contributed by atoms with Gasteiger partial charge in [0, 0.05) is 18.6 Å². The average Bonchev–Trinajstić information content (AvgIpc) is 2.27. The third kappa shape index (κ3) is 4.49. The molecule has 19 heavy (non-hydrogen) atoms. The van der Waals surface area contributed by atoms with Crippen molar-refractivity contribution in [2.75, 3.05) is 10.8 Å². The van der Waals surface area contributed by atoms with Crippen LogP contribution in [0.1, 0.15) is 33.3 Å². The number of hydrogen-bond donors (Lipinski definition) is 2. The zero-order valence-electron chi connectivity index (χ0n) is 12.0. The molecular weight excluding hydrogens is 262 g/mol. The van der Waals surface area contributed by atoms with E-state index in [1.54, 1.807) is 19.1 Å². The van der Waals surface area contributed by atoms with E-state index in [0.717, 1.165) is 5.56 Å². The molecule has 0 aliphatic rings. The first-order valence-electron chi connectivity index (χ1n) is 6.30. The van der Waals surface area contributed by atoms with E-state index in [1.165, 1.54) is 4.31 Å². The lowest BCUT2D eigenvalue weighted by molar-refractivity contribution is 0.489. The SMILES string of the molecule is CCN(c1ccc(CN)cc1)S(=O)(=O)NC(C)(C)C.